The monoisotopic (exact) mass is 363 g/mol. The van der Waals surface area contributed by atoms with Gasteiger partial charge >= 0.3 is 6.09 Å². The van der Waals surface area contributed by atoms with Gasteiger partial charge in [0.25, 0.3) is 0 Å². The Morgan fingerprint density at radius 3 is 2.67 bits per heavy atom. The van der Waals surface area contributed by atoms with Gasteiger partial charge in [-0.05, 0) is 31.9 Å². The highest BCUT2D eigenvalue weighted by molar-refractivity contribution is 5.71. The van der Waals surface area contributed by atoms with Gasteiger partial charge in [-0.25, -0.2) is 9.78 Å². The van der Waals surface area contributed by atoms with Crippen molar-refractivity contribution in [1.29, 1.82) is 0 Å². The summed E-state index contributed by atoms with van der Waals surface area (Å²) in [7, 11) is 0. The van der Waals surface area contributed by atoms with Crippen molar-refractivity contribution in [3.63, 3.8) is 0 Å². The number of piperidine rings is 1. The van der Waals surface area contributed by atoms with Crippen molar-refractivity contribution in [3.05, 3.63) is 60.2 Å². The Kier molecular flexibility index (Phi) is 4.82. The first-order valence-corrected chi connectivity index (χ1v) is 9.07. The molecule has 0 atom stereocenters. The molecule has 4 rings (SSSR count). The molecule has 0 bridgehead atoms. The van der Waals surface area contributed by atoms with Gasteiger partial charge in [0.15, 0.2) is 11.6 Å². The minimum Gasteiger partial charge on any atom is -0.408 e. The minimum absolute atomic E-state index is 0.263. The maximum Gasteiger partial charge on any atom is 0.415 e. The molecular formula is C20H21N5O2. The fraction of sp³-hybridized carbons (Fsp3) is 0.300. The molecule has 0 radical (unpaired) electrons. The van der Waals surface area contributed by atoms with Crippen LogP contribution in [0.4, 0.5) is 4.79 Å². The van der Waals surface area contributed by atoms with E-state index in [-0.39, 0.29) is 12.0 Å². The van der Waals surface area contributed by atoms with Crippen LogP contribution in [-0.4, -0.2) is 44.2 Å². The number of hydrogen-bond acceptors (Lipinski definition) is 5. The van der Waals surface area contributed by atoms with E-state index in [1.807, 2.05) is 37.3 Å². The van der Waals surface area contributed by atoms with E-state index in [1.54, 1.807) is 23.2 Å². The zero-order valence-corrected chi connectivity index (χ0v) is 15.1. The van der Waals surface area contributed by atoms with Crippen LogP contribution in [0.3, 0.4) is 0 Å². The Bertz CT molecular complexity index is 917. The van der Waals surface area contributed by atoms with Gasteiger partial charge < -0.3 is 9.64 Å². The fourth-order valence-corrected chi connectivity index (χ4v) is 3.24. The molecule has 1 fully saturated rings. The molecule has 7 heteroatoms. The second-order valence-electron chi connectivity index (χ2n) is 6.63. The number of aryl methyl sites for hydroxylation is 1. The van der Waals surface area contributed by atoms with Gasteiger partial charge in [0, 0.05) is 30.8 Å². The van der Waals surface area contributed by atoms with Crippen molar-refractivity contribution >= 4 is 6.09 Å². The Hall–Kier alpha value is -3.22. The predicted molar refractivity (Wildman–Crippen MR) is 100 cm³/mol. The maximum absolute atomic E-state index is 12.4. The molecule has 3 heterocycles. The molecule has 0 aliphatic carbocycles. The number of likely N-dealkylation sites (tertiary alicyclic amines) is 1. The molecular weight excluding hydrogens is 342 g/mol. The first-order valence-electron chi connectivity index (χ1n) is 9.07. The molecule has 2 aromatic heterocycles. The number of H-pyrrole nitrogens is 1. The van der Waals surface area contributed by atoms with Gasteiger partial charge in [-0.3, -0.25) is 10.1 Å². The van der Waals surface area contributed by atoms with E-state index in [2.05, 4.69) is 20.2 Å². The number of rotatable bonds is 3. The molecule has 138 valence electrons. The summed E-state index contributed by atoms with van der Waals surface area (Å²) in [6.45, 7) is 3.08. The van der Waals surface area contributed by atoms with E-state index in [1.165, 1.54) is 0 Å². The summed E-state index contributed by atoms with van der Waals surface area (Å²) in [4.78, 5) is 22.9. The Morgan fingerprint density at radius 2 is 1.93 bits per heavy atom. The highest BCUT2D eigenvalue weighted by Crippen LogP contribution is 2.27. The summed E-state index contributed by atoms with van der Waals surface area (Å²) in [5.41, 5.74) is 1.70. The van der Waals surface area contributed by atoms with Gasteiger partial charge in [0.05, 0.1) is 5.69 Å². The van der Waals surface area contributed by atoms with Crippen molar-refractivity contribution in [1.82, 2.24) is 25.1 Å². The molecule has 1 saturated heterocycles. The van der Waals surface area contributed by atoms with Crippen LogP contribution in [0, 0.1) is 6.92 Å². The molecule has 1 aliphatic heterocycles. The summed E-state index contributed by atoms with van der Waals surface area (Å²) in [6.07, 6.45) is 3.00. The molecule has 7 nitrogen and oxygen atoms in total. The summed E-state index contributed by atoms with van der Waals surface area (Å²) in [5.74, 6) is 2.36. The Labute approximate surface area is 157 Å². The highest BCUT2D eigenvalue weighted by atomic mass is 16.6. The number of benzene rings is 1. The van der Waals surface area contributed by atoms with Crippen molar-refractivity contribution in [2.45, 2.75) is 25.7 Å². The molecule has 0 unspecified atom stereocenters. The molecule has 0 saturated carbocycles. The first-order chi connectivity index (χ1) is 13.2. The Balaban J connectivity index is 1.36. The lowest BCUT2D eigenvalue weighted by Gasteiger charge is -2.30. The second-order valence-corrected chi connectivity index (χ2v) is 6.63. The SMILES string of the molecule is Cc1ncccc1OC(=O)N1CCC(c2nc(-c3ccccc3)n[nH]2)CC1. The molecule has 3 aromatic rings. The average molecular weight is 363 g/mol. The van der Waals surface area contributed by atoms with Crippen LogP contribution in [-0.2, 0) is 0 Å². The molecule has 1 aliphatic rings. The predicted octanol–water partition coefficient (Wildman–Crippen LogP) is 3.55. The standard InChI is InChI=1S/C20H21N5O2/c1-14-17(8-5-11-21-14)27-20(26)25-12-9-16(10-13-25)19-22-18(23-24-19)15-6-3-2-4-7-15/h2-8,11,16H,9-10,12-13H2,1H3,(H,22,23,24). The largest absolute Gasteiger partial charge is 0.415 e. The normalized spacial score (nSPS) is 14.9. The fourth-order valence-electron chi connectivity index (χ4n) is 3.24. The van der Waals surface area contributed by atoms with Crippen LogP contribution in [0.1, 0.15) is 30.3 Å². The number of amides is 1. The zero-order chi connectivity index (χ0) is 18.6. The van der Waals surface area contributed by atoms with Crippen LogP contribution in [0.5, 0.6) is 5.75 Å². The summed E-state index contributed by atoms with van der Waals surface area (Å²) in [5, 5.41) is 7.39. The number of ether oxygens (including phenoxy) is 1. The lowest BCUT2D eigenvalue weighted by Crippen LogP contribution is -2.39. The third kappa shape index (κ3) is 3.81. The molecule has 1 N–H and O–H groups in total. The van der Waals surface area contributed by atoms with E-state index in [9.17, 15) is 4.79 Å². The smallest absolute Gasteiger partial charge is 0.408 e. The van der Waals surface area contributed by atoms with Crippen LogP contribution < -0.4 is 4.74 Å². The molecule has 1 amide bonds. The number of hydrogen-bond donors (Lipinski definition) is 1. The van der Waals surface area contributed by atoms with Gasteiger partial charge in [0.1, 0.15) is 5.82 Å². The van der Waals surface area contributed by atoms with Crippen molar-refractivity contribution < 1.29 is 9.53 Å². The maximum atomic E-state index is 12.4. The van der Waals surface area contributed by atoms with Crippen molar-refractivity contribution in [2.75, 3.05) is 13.1 Å². The second kappa shape index (κ2) is 7.57. The molecule has 0 spiro atoms. The number of nitrogens with one attached hydrogen (secondary N) is 1. The summed E-state index contributed by atoms with van der Waals surface area (Å²) >= 11 is 0. The molecule has 1 aromatic carbocycles. The van der Waals surface area contributed by atoms with Crippen LogP contribution in [0.2, 0.25) is 0 Å². The van der Waals surface area contributed by atoms with E-state index in [4.69, 9.17) is 4.74 Å². The van der Waals surface area contributed by atoms with Crippen molar-refractivity contribution in [2.24, 2.45) is 0 Å². The van der Waals surface area contributed by atoms with E-state index in [0.717, 1.165) is 24.2 Å². The van der Waals surface area contributed by atoms with E-state index >= 15 is 0 Å². The molecule has 27 heavy (non-hydrogen) atoms. The number of nitrogens with zero attached hydrogens (tertiary/aromatic N) is 4. The number of pyridine rings is 1. The first kappa shape index (κ1) is 17.2. The topological polar surface area (TPSA) is 84.0 Å². The summed E-state index contributed by atoms with van der Waals surface area (Å²) < 4.78 is 5.48. The van der Waals surface area contributed by atoms with Crippen LogP contribution in [0.25, 0.3) is 11.4 Å². The van der Waals surface area contributed by atoms with E-state index in [0.29, 0.717) is 30.4 Å². The number of carbonyl (C=O) groups excluding carboxylic acids is 1. The lowest BCUT2D eigenvalue weighted by atomic mass is 9.96. The van der Waals surface area contributed by atoms with Gasteiger partial charge in [-0.1, -0.05) is 30.3 Å². The number of carbonyl (C=O) groups is 1. The lowest BCUT2D eigenvalue weighted by molar-refractivity contribution is 0.137. The van der Waals surface area contributed by atoms with Crippen LogP contribution >= 0.6 is 0 Å². The quantitative estimate of drug-likeness (QED) is 0.769. The van der Waals surface area contributed by atoms with Gasteiger partial charge in [-0.2, -0.15) is 5.10 Å². The average Bonchev–Trinajstić information content (AvgIpc) is 3.21. The van der Waals surface area contributed by atoms with Crippen molar-refractivity contribution in [3.8, 4) is 17.1 Å². The third-order valence-corrected chi connectivity index (χ3v) is 4.83. The van der Waals surface area contributed by atoms with Gasteiger partial charge in [0.2, 0.25) is 0 Å². The Morgan fingerprint density at radius 1 is 1.15 bits per heavy atom. The van der Waals surface area contributed by atoms with E-state index < -0.39 is 0 Å². The zero-order valence-electron chi connectivity index (χ0n) is 15.1. The highest BCUT2D eigenvalue weighted by Gasteiger charge is 2.27. The number of aromatic amines is 1. The van der Waals surface area contributed by atoms with Gasteiger partial charge in [-0.15, -0.1) is 0 Å². The van der Waals surface area contributed by atoms with Crippen LogP contribution in [0.15, 0.2) is 48.7 Å². The minimum atomic E-state index is -0.327. The summed E-state index contributed by atoms with van der Waals surface area (Å²) in [6, 6.07) is 13.4. The third-order valence-electron chi connectivity index (χ3n) is 4.83. The number of aromatic nitrogens is 4.